The lowest BCUT2D eigenvalue weighted by molar-refractivity contribution is -0.146. The quantitative estimate of drug-likeness (QED) is 0.857. The highest BCUT2D eigenvalue weighted by atomic mass is 32.1. The minimum Gasteiger partial charge on any atom is -0.354 e. The minimum atomic E-state index is -0.501. The molecule has 2 fully saturated rings. The highest BCUT2D eigenvalue weighted by Crippen LogP contribution is 2.41. The predicted molar refractivity (Wildman–Crippen MR) is 111 cm³/mol. The molecule has 4 rings (SSSR count). The van der Waals surface area contributed by atoms with Crippen molar-refractivity contribution in [2.75, 3.05) is 37.6 Å². The molecule has 148 valence electrons. The lowest BCUT2D eigenvalue weighted by Crippen LogP contribution is -2.65. The summed E-state index contributed by atoms with van der Waals surface area (Å²) in [6.45, 7) is 6.81. The number of benzene rings is 1. The molecule has 1 aromatic heterocycles. The van der Waals surface area contributed by atoms with Crippen LogP contribution in [-0.4, -0.2) is 54.4 Å². The van der Waals surface area contributed by atoms with E-state index >= 15 is 0 Å². The van der Waals surface area contributed by atoms with Crippen LogP contribution in [0.3, 0.4) is 0 Å². The number of hydrogen-bond donors (Lipinski definition) is 1. The molecule has 0 radical (unpaired) electrons. The van der Waals surface area contributed by atoms with Crippen LogP contribution in [0.2, 0.25) is 0 Å². The number of hydrogen-bond acceptors (Lipinski definition) is 5. The Morgan fingerprint density at radius 1 is 1.25 bits per heavy atom. The Bertz CT molecular complexity index is 854. The smallest absolute Gasteiger partial charge is 0.239 e. The molecule has 0 saturated carbocycles. The summed E-state index contributed by atoms with van der Waals surface area (Å²) >= 11 is 1.68. The normalized spacial score (nSPS) is 19.0. The average Bonchev–Trinajstić information content (AvgIpc) is 2.85. The van der Waals surface area contributed by atoms with E-state index in [1.165, 1.54) is 4.88 Å². The van der Waals surface area contributed by atoms with E-state index in [9.17, 15) is 9.59 Å². The number of amides is 2. The van der Waals surface area contributed by atoms with E-state index in [4.69, 9.17) is 0 Å². The molecule has 0 spiro atoms. The van der Waals surface area contributed by atoms with Crippen LogP contribution in [0.15, 0.2) is 30.3 Å². The number of aromatic nitrogens is 1. The van der Waals surface area contributed by atoms with E-state index < -0.39 is 5.41 Å². The molecular weight excluding hydrogens is 372 g/mol. The molecule has 7 heteroatoms. The molecular formula is C21H26N4O2S. The third-order valence-corrected chi connectivity index (χ3v) is 6.80. The summed E-state index contributed by atoms with van der Waals surface area (Å²) in [5.74, 6) is 0.0257. The number of aryl methyl sites for hydroxylation is 2. The van der Waals surface area contributed by atoms with Gasteiger partial charge in [-0.3, -0.25) is 9.59 Å². The monoisotopic (exact) mass is 398 g/mol. The molecule has 2 aliphatic rings. The molecule has 2 amide bonds. The van der Waals surface area contributed by atoms with Crippen LogP contribution in [0.5, 0.6) is 0 Å². The largest absolute Gasteiger partial charge is 0.354 e. The summed E-state index contributed by atoms with van der Waals surface area (Å²) in [6, 6.07) is 10.2. The fraction of sp³-hybridized carbons (Fsp3) is 0.476. The van der Waals surface area contributed by atoms with E-state index in [2.05, 4.69) is 34.3 Å². The zero-order valence-electron chi connectivity index (χ0n) is 16.4. The topological polar surface area (TPSA) is 65.5 Å². The van der Waals surface area contributed by atoms with Gasteiger partial charge in [0.2, 0.25) is 11.8 Å². The summed E-state index contributed by atoms with van der Waals surface area (Å²) in [5, 5.41) is 3.84. The van der Waals surface area contributed by atoms with Gasteiger partial charge in [0, 0.05) is 31.1 Å². The first kappa shape index (κ1) is 18.9. The fourth-order valence-corrected chi connectivity index (χ4v) is 4.94. The van der Waals surface area contributed by atoms with Gasteiger partial charge in [0.15, 0.2) is 5.13 Å². The van der Waals surface area contributed by atoms with Crippen molar-refractivity contribution in [1.29, 1.82) is 0 Å². The highest BCUT2D eigenvalue weighted by Gasteiger charge is 2.52. The highest BCUT2D eigenvalue weighted by molar-refractivity contribution is 7.15. The zero-order valence-corrected chi connectivity index (χ0v) is 17.2. The van der Waals surface area contributed by atoms with Crippen molar-refractivity contribution in [2.45, 2.75) is 26.7 Å². The lowest BCUT2D eigenvalue weighted by atomic mass is 9.73. The molecule has 0 aliphatic carbocycles. The van der Waals surface area contributed by atoms with E-state index in [0.717, 1.165) is 22.8 Å². The summed E-state index contributed by atoms with van der Waals surface area (Å²) in [5.41, 5.74) is 1.71. The zero-order chi connectivity index (χ0) is 19.7. The SMILES string of the molecule is Cc1nc(N2CC(Cc3ccccc3)(C(=O)N3CCCNC(=O)C3)C2)sc1C. The molecule has 2 aliphatic heterocycles. The number of rotatable bonds is 4. The number of nitrogens with one attached hydrogen (secondary N) is 1. The maximum Gasteiger partial charge on any atom is 0.239 e. The van der Waals surface area contributed by atoms with Gasteiger partial charge in [0.1, 0.15) is 0 Å². The van der Waals surface area contributed by atoms with E-state index in [-0.39, 0.29) is 18.4 Å². The molecule has 28 heavy (non-hydrogen) atoms. The standard InChI is InChI=1S/C21H26N4O2S/c1-15-16(2)28-20(23-15)25-13-21(14-25,11-17-7-4-3-5-8-17)19(27)24-10-6-9-22-18(26)12-24/h3-5,7-8H,6,9-14H2,1-2H3,(H,22,26). The second kappa shape index (κ2) is 7.54. The van der Waals surface area contributed by atoms with Crippen molar-refractivity contribution in [2.24, 2.45) is 5.41 Å². The van der Waals surface area contributed by atoms with Crippen LogP contribution in [-0.2, 0) is 16.0 Å². The third-order valence-electron chi connectivity index (χ3n) is 5.66. The third kappa shape index (κ3) is 3.63. The van der Waals surface area contributed by atoms with Crippen LogP contribution < -0.4 is 10.2 Å². The number of nitrogens with zero attached hydrogens (tertiary/aromatic N) is 3. The first-order chi connectivity index (χ1) is 13.5. The van der Waals surface area contributed by atoms with Crippen molar-refractivity contribution in [1.82, 2.24) is 15.2 Å². The first-order valence-electron chi connectivity index (χ1n) is 9.76. The Morgan fingerprint density at radius 3 is 2.68 bits per heavy atom. The van der Waals surface area contributed by atoms with Crippen LogP contribution in [0.4, 0.5) is 5.13 Å². The van der Waals surface area contributed by atoms with Crippen molar-refractivity contribution >= 4 is 28.3 Å². The van der Waals surface area contributed by atoms with E-state index in [1.807, 2.05) is 25.1 Å². The minimum absolute atomic E-state index is 0.0666. The van der Waals surface area contributed by atoms with Gasteiger partial charge >= 0.3 is 0 Å². The average molecular weight is 399 g/mol. The van der Waals surface area contributed by atoms with Gasteiger partial charge in [-0.1, -0.05) is 30.3 Å². The van der Waals surface area contributed by atoms with Crippen LogP contribution in [0.25, 0.3) is 0 Å². The molecule has 2 aromatic rings. The Labute approximate surface area is 169 Å². The second-order valence-electron chi connectivity index (χ2n) is 7.87. The van der Waals surface area contributed by atoms with E-state index in [1.54, 1.807) is 16.2 Å². The van der Waals surface area contributed by atoms with Crippen molar-refractivity contribution < 1.29 is 9.59 Å². The summed E-state index contributed by atoms with van der Waals surface area (Å²) in [6.07, 6.45) is 1.48. The molecule has 1 N–H and O–H groups in total. The van der Waals surface area contributed by atoms with Crippen LogP contribution in [0.1, 0.15) is 22.6 Å². The van der Waals surface area contributed by atoms with Gasteiger partial charge in [-0.2, -0.15) is 0 Å². The summed E-state index contributed by atoms with van der Waals surface area (Å²) in [4.78, 5) is 35.4. The molecule has 1 aromatic carbocycles. The summed E-state index contributed by atoms with van der Waals surface area (Å²) < 4.78 is 0. The molecule has 0 unspecified atom stereocenters. The second-order valence-corrected chi connectivity index (χ2v) is 9.05. The van der Waals surface area contributed by atoms with Gasteiger partial charge in [0.05, 0.1) is 17.7 Å². The molecule has 6 nitrogen and oxygen atoms in total. The molecule has 3 heterocycles. The van der Waals surface area contributed by atoms with Gasteiger partial charge in [-0.25, -0.2) is 4.98 Å². The van der Waals surface area contributed by atoms with Crippen molar-refractivity contribution in [3.63, 3.8) is 0 Å². The van der Waals surface area contributed by atoms with Crippen LogP contribution in [0, 0.1) is 19.3 Å². The Hall–Kier alpha value is -2.41. The van der Waals surface area contributed by atoms with Crippen LogP contribution >= 0.6 is 11.3 Å². The lowest BCUT2D eigenvalue weighted by Gasteiger charge is -2.50. The predicted octanol–water partition coefficient (Wildman–Crippen LogP) is 2.16. The maximum absolute atomic E-state index is 13.6. The summed E-state index contributed by atoms with van der Waals surface area (Å²) in [7, 11) is 0. The number of thiazole rings is 1. The number of carbonyl (C=O) groups excluding carboxylic acids is 2. The number of carbonyl (C=O) groups is 2. The Balaban J connectivity index is 1.57. The Kier molecular flexibility index (Phi) is 5.10. The van der Waals surface area contributed by atoms with Crippen molar-refractivity contribution in [3.8, 4) is 0 Å². The van der Waals surface area contributed by atoms with E-state index in [0.29, 0.717) is 32.6 Å². The molecule has 0 atom stereocenters. The fourth-order valence-electron chi connectivity index (χ4n) is 4.03. The first-order valence-corrected chi connectivity index (χ1v) is 10.6. The van der Waals surface area contributed by atoms with Gasteiger partial charge in [-0.05, 0) is 32.3 Å². The maximum atomic E-state index is 13.6. The van der Waals surface area contributed by atoms with Gasteiger partial charge in [-0.15, -0.1) is 11.3 Å². The number of anilines is 1. The van der Waals surface area contributed by atoms with Gasteiger partial charge in [0.25, 0.3) is 0 Å². The Morgan fingerprint density at radius 2 is 2.00 bits per heavy atom. The van der Waals surface area contributed by atoms with Crippen molar-refractivity contribution in [3.05, 3.63) is 46.5 Å². The molecule has 2 saturated heterocycles. The molecule has 0 bridgehead atoms. The van der Waals surface area contributed by atoms with Gasteiger partial charge < -0.3 is 15.1 Å².